The van der Waals surface area contributed by atoms with Crippen LogP contribution in [-0.2, 0) is 16.4 Å². The maximum atomic E-state index is 11.6. The minimum absolute atomic E-state index is 0.0317. The Hall–Kier alpha value is -1.07. The fraction of sp³-hybridized carbons (Fsp3) is 0.500. The number of phenols is 1. The van der Waals surface area contributed by atoms with Crippen molar-refractivity contribution < 1.29 is 13.5 Å². The Labute approximate surface area is 102 Å². The molecule has 0 aliphatic carbocycles. The minimum Gasteiger partial charge on any atom is -0.506 e. The van der Waals surface area contributed by atoms with Gasteiger partial charge in [-0.1, -0.05) is 19.9 Å². The highest BCUT2D eigenvalue weighted by atomic mass is 32.2. The van der Waals surface area contributed by atoms with Gasteiger partial charge in [-0.3, -0.25) is 0 Å². The number of benzene rings is 1. The fourth-order valence-electron chi connectivity index (χ4n) is 1.65. The first-order valence-electron chi connectivity index (χ1n) is 5.57. The maximum absolute atomic E-state index is 11.6. The van der Waals surface area contributed by atoms with Crippen LogP contribution < -0.4 is 5.73 Å². The highest BCUT2D eigenvalue weighted by Gasteiger charge is 2.18. The molecule has 1 aromatic rings. The lowest BCUT2D eigenvalue weighted by molar-refractivity contribution is 0.451. The summed E-state index contributed by atoms with van der Waals surface area (Å²) in [4.78, 5) is -0.0317. The Morgan fingerprint density at radius 1 is 1.41 bits per heavy atom. The summed E-state index contributed by atoms with van der Waals surface area (Å²) < 4.78 is 23.2. The third-order valence-corrected chi connectivity index (χ3v) is 4.09. The van der Waals surface area contributed by atoms with Gasteiger partial charge in [0, 0.05) is 18.4 Å². The van der Waals surface area contributed by atoms with Gasteiger partial charge >= 0.3 is 0 Å². The third-order valence-electron chi connectivity index (χ3n) is 2.98. The second-order valence-corrected chi connectivity index (χ2v) is 6.30. The van der Waals surface area contributed by atoms with Crippen LogP contribution in [0.15, 0.2) is 17.0 Å². The SMILES string of the molecule is CCC(C)c1cc(CN)c(O)c(S(C)(=O)=O)c1. The van der Waals surface area contributed by atoms with Crippen LogP contribution in [0.4, 0.5) is 0 Å². The van der Waals surface area contributed by atoms with Gasteiger partial charge in [0.25, 0.3) is 0 Å². The molecule has 1 rings (SSSR count). The molecular formula is C12H19NO3S. The number of nitrogens with two attached hydrogens (primary N) is 1. The number of aromatic hydroxyl groups is 1. The van der Waals surface area contributed by atoms with Crippen LogP contribution in [0, 0.1) is 0 Å². The molecule has 17 heavy (non-hydrogen) atoms. The summed E-state index contributed by atoms with van der Waals surface area (Å²) in [5.41, 5.74) is 6.89. The van der Waals surface area contributed by atoms with Gasteiger partial charge in [-0.25, -0.2) is 8.42 Å². The van der Waals surface area contributed by atoms with Gasteiger partial charge in [0.2, 0.25) is 0 Å². The van der Waals surface area contributed by atoms with E-state index in [2.05, 4.69) is 0 Å². The monoisotopic (exact) mass is 257 g/mol. The molecule has 4 nitrogen and oxygen atoms in total. The number of hydrogen-bond donors (Lipinski definition) is 2. The van der Waals surface area contributed by atoms with Crippen LogP contribution in [-0.4, -0.2) is 19.8 Å². The van der Waals surface area contributed by atoms with Gasteiger partial charge in [0.1, 0.15) is 10.6 Å². The van der Waals surface area contributed by atoms with E-state index in [1.165, 1.54) is 6.07 Å². The van der Waals surface area contributed by atoms with E-state index in [9.17, 15) is 13.5 Å². The third kappa shape index (κ3) is 2.98. The van der Waals surface area contributed by atoms with E-state index >= 15 is 0 Å². The Kier molecular flexibility index (Phi) is 4.16. The first-order chi connectivity index (χ1) is 7.81. The molecule has 0 saturated heterocycles. The molecule has 0 bridgehead atoms. The lowest BCUT2D eigenvalue weighted by atomic mass is 9.96. The molecule has 3 N–H and O–H groups in total. The molecule has 0 aromatic heterocycles. The smallest absolute Gasteiger partial charge is 0.179 e. The summed E-state index contributed by atoms with van der Waals surface area (Å²) >= 11 is 0. The zero-order chi connectivity index (χ0) is 13.2. The Morgan fingerprint density at radius 2 is 2.00 bits per heavy atom. The lowest BCUT2D eigenvalue weighted by Gasteiger charge is -2.14. The van der Waals surface area contributed by atoms with Crippen molar-refractivity contribution in [3.8, 4) is 5.75 Å². The molecule has 5 heteroatoms. The first kappa shape index (κ1) is 14.0. The molecule has 96 valence electrons. The van der Waals surface area contributed by atoms with Crippen LogP contribution in [0.2, 0.25) is 0 Å². The summed E-state index contributed by atoms with van der Waals surface area (Å²) in [5, 5.41) is 9.84. The summed E-state index contributed by atoms with van der Waals surface area (Å²) in [6.07, 6.45) is 1.99. The quantitative estimate of drug-likeness (QED) is 0.861. The standard InChI is InChI=1S/C12H19NO3S/c1-4-8(2)9-5-10(7-13)12(14)11(6-9)17(3,15)16/h5-6,8,14H,4,7,13H2,1-3H3. The molecule has 0 fully saturated rings. The zero-order valence-corrected chi connectivity index (χ0v) is 11.2. The van der Waals surface area contributed by atoms with Crippen molar-refractivity contribution in [2.24, 2.45) is 5.73 Å². The first-order valence-corrected chi connectivity index (χ1v) is 7.46. The van der Waals surface area contributed by atoms with Crippen molar-refractivity contribution in [1.82, 2.24) is 0 Å². The highest BCUT2D eigenvalue weighted by molar-refractivity contribution is 7.90. The second kappa shape index (κ2) is 5.06. The average Bonchev–Trinajstić information content (AvgIpc) is 2.26. The summed E-state index contributed by atoms with van der Waals surface area (Å²) in [6.45, 7) is 4.16. The van der Waals surface area contributed by atoms with Crippen molar-refractivity contribution >= 4 is 9.84 Å². The van der Waals surface area contributed by atoms with Crippen LogP contribution in [0.3, 0.4) is 0 Å². The summed E-state index contributed by atoms with van der Waals surface area (Å²) in [6, 6.07) is 3.32. The lowest BCUT2D eigenvalue weighted by Crippen LogP contribution is -2.06. The van der Waals surface area contributed by atoms with Crippen molar-refractivity contribution in [1.29, 1.82) is 0 Å². The molecule has 0 heterocycles. The van der Waals surface area contributed by atoms with Gasteiger partial charge in [-0.15, -0.1) is 0 Å². The normalized spacial score (nSPS) is 13.6. The number of rotatable bonds is 4. The molecular weight excluding hydrogens is 238 g/mol. The molecule has 0 radical (unpaired) electrons. The molecule has 1 unspecified atom stereocenters. The molecule has 0 amide bonds. The van der Waals surface area contributed by atoms with Gasteiger partial charge in [0.15, 0.2) is 9.84 Å². The molecule has 1 atom stereocenters. The predicted octanol–water partition coefficient (Wildman–Crippen LogP) is 1.77. The van der Waals surface area contributed by atoms with Gasteiger partial charge in [0.05, 0.1) is 0 Å². The molecule has 0 spiro atoms. The van der Waals surface area contributed by atoms with Crippen LogP contribution >= 0.6 is 0 Å². The van der Waals surface area contributed by atoms with Gasteiger partial charge in [-0.2, -0.15) is 0 Å². The van der Waals surface area contributed by atoms with E-state index in [1.807, 2.05) is 13.8 Å². The maximum Gasteiger partial charge on any atom is 0.179 e. The molecule has 0 aliphatic rings. The molecule has 0 saturated carbocycles. The van der Waals surface area contributed by atoms with Crippen molar-refractivity contribution in [3.05, 3.63) is 23.3 Å². The van der Waals surface area contributed by atoms with Crippen molar-refractivity contribution in [3.63, 3.8) is 0 Å². The zero-order valence-electron chi connectivity index (χ0n) is 10.4. The van der Waals surface area contributed by atoms with Crippen molar-refractivity contribution in [2.45, 2.75) is 37.6 Å². The predicted molar refractivity (Wildman–Crippen MR) is 67.8 cm³/mol. The van der Waals surface area contributed by atoms with E-state index in [0.29, 0.717) is 5.56 Å². The van der Waals surface area contributed by atoms with E-state index in [4.69, 9.17) is 5.73 Å². The second-order valence-electron chi connectivity index (χ2n) is 4.31. The summed E-state index contributed by atoms with van der Waals surface area (Å²) in [5.74, 6) is 0.0171. The van der Waals surface area contributed by atoms with Crippen LogP contribution in [0.25, 0.3) is 0 Å². The Bertz CT molecular complexity index is 509. The van der Waals surface area contributed by atoms with E-state index in [-0.39, 0.29) is 23.1 Å². The number of hydrogen-bond acceptors (Lipinski definition) is 4. The van der Waals surface area contributed by atoms with Crippen LogP contribution in [0.5, 0.6) is 5.75 Å². The molecule has 0 aliphatic heterocycles. The fourth-order valence-corrected chi connectivity index (χ4v) is 2.48. The number of sulfone groups is 1. The summed E-state index contributed by atoms with van der Waals surface area (Å²) in [7, 11) is -3.44. The topological polar surface area (TPSA) is 80.4 Å². The van der Waals surface area contributed by atoms with Gasteiger partial charge in [-0.05, 0) is 24.0 Å². The minimum atomic E-state index is -3.44. The van der Waals surface area contributed by atoms with E-state index in [1.54, 1.807) is 6.07 Å². The van der Waals surface area contributed by atoms with Crippen molar-refractivity contribution in [2.75, 3.05) is 6.26 Å². The Balaban J connectivity index is 3.50. The van der Waals surface area contributed by atoms with Gasteiger partial charge < -0.3 is 10.8 Å². The number of phenolic OH excluding ortho intramolecular Hbond substituents is 1. The van der Waals surface area contributed by atoms with Crippen LogP contribution in [0.1, 0.15) is 37.3 Å². The van der Waals surface area contributed by atoms with E-state index < -0.39 is 9.84 Å². The Morgan fingerprint density at radius 3 is 2.41 bits per heavy atom. The van der Waals surface area contributed by atoms with E-state index in [0.717, 1.165) is 18.2 Å². The largest absolute Gasteiger partial charge is 0.506 e. The highest BCUT2D eigenvalue weighted by Crippen LogP contribution is 2.32. The average molecular weight is 257 g/mol. The molecule has 1 aromatic carbocycles.